The van der Waals surface area contributed by atoms with Crippen molar-refractivity contribution in [3.05, 3.63) is 62.6 Å². The fraction of sp³-hybridized carbons (Fsp3) is 0.133. The molecule has 2 aromatic rings. The number of halogens is 2. The van der Waals surface area contributed by atoms with Gasteiger partial charge in [-0.3, -0.25) is 4.79 Å². The molecule has 2 nitrogen and oxygen atoms in total. The van der Waals surface area contributed by atoms with Crippen molar-refractivity contribution in [1.29, 1.82) is 0 Å². The Hall–Kier alpha value is -1.32. The second-order valence-corrected chi connectivity index (χ2v) is 5.64. The van der Waals surface area contributed by atoms with Crippen molar-refractivity contribution in [3.8, 4) is 5.75 Å². The van der Waals surface area contributed by atoms with Crippen molar-refractivity contribution >= 4 is 33.3 Å². The summed E-state index contributed by atoms with van der Waals surface area (Å²) in [6, 6.07) is 10.8. The van der Waals surface area contributed by atoms with E-state index in [1.54, 1.807) is 24.3 Å². The first-order valence-electron chi connectivity index (χ1n) is 5.91. The van der Waals surface area contributed by atoms with E-state index in [0.717, 1.165) is 12.0 Å². The molecule has 0 fully saturated rings. The maximum Gasteiger partial charge on any atom is 0.197 e. The van der Waals surface area contributed by atoms with E-state index < -0.39 is 0 Å². The number of carbonyl (C=O) groups is 1. The Kier molecular flexibility index (Phi) is 3.33. The minimum atomic E-state index is -0.0534. The van der Waals surface area contributed by atoms with E-state index in [2.05, 4.69) is 15.9 Å². The Labute approximate surface area is 124 Å². The molecule has 96 valence electrons. The number of rotatable bonds is 2. The molecule has 3 rings (SSSR count). The van der Waals surface area contributed by atoms with Gasteiger partial charge < -0.3 is 4.74 Å². The molecule has 0 N–H and O–H groups in total. The van der Waals surface area contributed by atoms with Gasteiger partial charge in [0.15, 0.2) is 5.78 Å². The molecule has 19 heavy (non-hydrogen) atoms. The molecule has 1 aliphatic rings. The van der Waals surface area contributed by atoms with Gasteiger partial charge in [-0.2, -0.15) is 0 Å². The average molecular weight is 338 g/mol. The first kappa shape index (κ1) is 12.7. The van der Waals surface area contributed by atoms with Crippen LogP contribution in [0.1, 0.15) is 21.5 Å². The lowest BCUT2D eigenvalue weighted by atomic mass is 10.00. The summed E-state index contributed by atoms with van der Waals surface area (Å²) in [6.07, 6.45) is 0.859. The smallest absolute Gasteiger partial charge is 0.197 e. The number of hydrogen-bond donors (Lipinski definition) is 0. The molecule has 0 aliphatic carbocycles. The highest BCUT2D eigenvalue weighted by atomic mass is 79.9. The van der Waals surface area contributed by atoms with Gasteiger partial charge in [-0.15, -0.1) is 0 Å². The molecule has 0 saturated carbocycles. The van der Waals surface area contributed by atoms with Crippen LogP contribution in [0, 0.1) is 0 Å². The molecule has 0 spiro atoms. The summed E-state index contributed by atoms with van der Waals surface area (Å²) in [6.45, 7) is 0.640. The molecular weight excluding hydrogens is 328 g/mol. The third-order valence-corrected chi connectivity index (χ3v) is 4.03. The van der Waals surface area contributed by atoms with Crippen LogP contribution >= 0.6 is 27.5 Å². The minimum absolute atomic E-state index is 0.0534. The second kappa shape index (κ2) is 4.99. The largest absolute Gasteiger partial charge is 0.492 e. The number of ketones is 1. The average Bonchev–Trinajstić information content (AvgIpc) is 2.86. The molecule has 0 aromatic heterocycles. The number of fused-ring (bicyclic) bond motifs is 1. The van der Waals surface area contributed by atoms with Crippen LogP contribution in [-0.2, 0) is 6.42 Å². The summed E-state index contributed by atoms with van der Waals surface area (Å²) in [5, 5.41) is 0.595. The lowest BCUT2D eigenvalue weighted by Gasteiger charge is -2.08. The van der Waals surface area contributed by atoms with E-state index >= 15 is 0 Å². The van der Waals surface area contributed by atoms with Crippen LogP contribution in [0.25, 0.3) is 0 Å². The number of carbonyl (C=O) groups excluding carboxylic acids is 1. The van der Waals surface area contributed by atoms with Gasteiger partial charge in [0.2, 0.25) is 0 Å². The maximum absolute atomic E-state index is 12.6. The van der Waals surface area contributed by atoms with Crippen molar-refractivity contribution in [2.45, 2.75) is 6.42 Å². The standard InChI is InChI=1S/C15H10BrClO2/c16-13-8-10(17)4-5-11(13)14(18)12-3-1-2-9-6-7-19-15(9)12/h1-5,8H,6-7H2. The zero-order chi connectivity index (χ0) is 13.4. The first-order valence-corrected chi connectivity index (χ1v) is 7.08. The second-order valence-electron chi connectivity index (χ2n) is 4.35. The Morgan fingerprint density at radius 2 is 2.05 bits per heavy atom. The highest BCUT2D eigenvalue weighted by Crippen LogP contribution is 2.32. The molecule has 0 unspecified atom stereocenters. The molecule has 0 amide bonds. The van der Waals surface area contributed by atoms with Gasteiger partial charge in [0, 0.05) is 21.5 Å². The number of para-hydroxylation sites is 1. The van der Waals surface area contributed by atoms with Crippen LogP contribution in [0.15, 0.2) is 40.9 Å². The molecule has 0 atom stereocenters. The van der Waals surface area contributed by atoms with E-state index in [1.165, 1.54) is 0 Å². The van der Waals surface area contributed by atoms with Crippen molar-refractivity contribution < 1.29 is 9.53 Å². The van der Waals surface area contributed by atoms with E-state index in [1.807, 2.05) is 12.1 Å². The lowest BCUT2D eigenvalue weighted by molar-refractivity contribution is 0.103. The maximum atomic E-state index is 12.6. The summed E-state index contributed by atoms with van der Waals surface area (Å²) in [5.74, 6) is 0.664. The number of ether oxygens (including phenoxy) is 1. The topological polar surface area (TPSA) is 26.3 Å². The molecular formula is C15H10BrClO2. The Morgan fingerprint density at radius 3 is 2.84 bits per heavy atom. The predicted octanol–water partition coefficient (Wildman–Crippen LogP) is 4.27. The summed E-state index contributed by atoms with van der Waals surface area (Å²) in [4.78, 5) is 12.6. The molecule has 4 heteroatoms. The highest BCUT2D eigenvalue weighted by Gasteiger charge is 2.22. The Morgan fingerprint density at radius 1 is 1.21 bits per heavy atom. The van der Waals surface area contributed by atoms with Crippen molar-refractivity contribution in [3.63, 3.8) is 0 Å². The summed E-state index contributed by atoms with van der Waals surface area (Å²) in [5.41, 5.74) is 2.29. The van der Waals surface area contributed by atoms with E-state index in [0.29, 0.717) is 33.0 Å². The van der Waals surface area contributed by atoms with Crippen LogP contribution in [-0.4, -0.2) is 12.4 Å². The third kappa shape index (κ3) is 2.28. The van der Waals surface area contributed by atoms with E-state index in [-0.39, 0.29) is 5.78 Å². The first-order chi connectivity index (χ1) is 9.16. The van der Waals surface area contributed by atoms with E-state index in [9.17, 15) is 4.79 Å². The van der Waals surface area contributed by atoms with Crippen LogP contribution < -0.4 is 4.74 Å². The molecule has 0 radical (unpaired) electrons. The molecule has 1 heterocycles. The van der Waals surface area contributed by atoms with Gasteiger partial charge >= 0.3 is 0 Å². The van der Waals surface area contributed by atoms with Crippen LogP contribution in [0.4, 0.5) is 0 Å². The summed E-state index contributed by atoms with van der Waals surface area (Å²) in [7, 11) is 0. The zero-order valence-electron chi connectivity index (χ0n) is 9.95. The highest BCUT2D eigenvalue weighted by molar-refractivity contribution is 9.10. The third-order valence-electron chi connectivity index (χ3n) is 3.13. The lowest BCUT2D eigenvalue weighted by Crippen LogP contribution is -2.04. The SMILES string of the molecule is O=C(c1ccc(Cl)cc1Br)c1cccc2c1OCC2. The van der Waals surface area contributed by atoms with Crippen LogP contribution in [0.5, 0.6) is 5.75 Å². The van der Waals surface area contributed by atoms with Gasteiger partial charge in [0.1, 0.15) is 5.75 Å². The van der Waals surface area contributed by atoms with E-state index in [4.69, 9.17) is 16.3 Å². The van der Waals surface area contributed by atoms with Crippen molar-refractivity contribution in [1.82, 2.24) is 0 Å². The fourth-order valence-corrected chi connectivity index (χ4v) is 3.08. The molecule has 0 bridgehead atoms. The van der Waals surface area contributed by atoms with Crippen LogP contribution in [0.2, 0.25) is 5.02 Å². The van der Waals surface area contributed by atoms with Crippen molar-refractivity contribution in [2.75, 3.05) is 6.61 Å². The quantitative estimate of drug-likeness (QED) is 0.765. The van der Waals surface area contributed by atoms with Gasteiger partial charge in [-0.25, -0.2) is 0 Å². The fourth-order valence-electron chi connectivity index (χ4n) is 2.21. The number of benzene rings is 2. The van der Waals surface area contributed by atoms with Gasteiger partial charge in [0.05, 0.1) is 12.2 Å². The Bertz CT molecular complexity index is 667. The zero-order valence-corrected chi connectivity index (χ0v) is 12.3. The summed E-state index contributed by atoms with van der Waals surface area (Å²) >= 11 is 9.27. The normalized spacial score (nSPS) is 12.9. The molecule has 2 aromatic carbocycles. The molecule has 1 aliphatic heterocycles. The minimum Gasteiger partial charge on any atom is -0.492 e. The molecule has 0 saturated heterocycles. The number of hydrogen-bond acceptors (Lipinski definition) is 2. The monoisotopic (exact) mass is 336 g/mol. The van der Waals surface area contributed by atoms with Gasteiger partial charge in [-0.05, 0) is 45.8 Å². The predicted molar refractivity (Wildman–Crippen MR) is 78.2 cm³/mol. The van der Waals surface area contributed by atoms with Gasteiger partial charge in [0.25, 0.3) is 0 Å². The van der Waals surface area contributed by atoms with Gasteiger partial charge in [-0.1, -0.05) is 23.7 Å². The summed E-state index contributed by atoms with van der Waals surface area (Å²) < 4.78 is 6.27. The van der Waals surface area contributed by atoms with Crippen molar-refractivity contribution in [2.24, 2.45) is 0 Å². The van der Waals surface area contributed by atoms with Crippen LogP contribution in [0.3, 0.4) is 0 Å². The Balaban J connectivity index is 2.08.